The number of nitrogen functional groups attached to an aromatic ring is 1. The third-order valence-electron chi connectivity index (χ3n) is 4.48. The molecule has 2 aliphatic rings. The second-order valence-corrected chi connectivity index (χ2v) is 6.61. The molecule has 0 unspecified atom stereocenters. The Bertz CT molecular complexity index is 742. The highest BCUT2D eigenvalue weighted by Gasteiger charge is 2.20. The summed E-state index contributed by atoms with van der Waals surface area (Å²) in [7, 11) is 0. The fourth-order valence-corrected chi connectivity index (χ4v) is 3.31. The molecule has 2 aliphatic heterocycles. The number of aromatic nitrogens is 3. The van der Waals surface area contributed by atoms with Crippen LogP contribution in [0, 0.1) is 0 Å². The smallest absolute Gasteiger partial charge is 0.228 e. The molecular formula is C17H21ClN6O2. The predicted molar refractivity (Wildman–Crippen MR) is 101 cm³/mol. The zero-order valence-corrected chi connectivity index (χ0v) is 15.2. The van der Waals surface area contributed by atoms with Crippen molar-refractivity contribution in [3.05, 3.63) is 23.4 Å². The molecule has 0 spiro atoms. The largest absolute Gasteiger partial charge is 0.384 e. The maximum absolute atomic E-state index is 6.39. The molecule has 9 heteroatoms. The first-order chi connectivity index (χ1) is 12.7. The van der Waals surface area contributed by atoms with Crippen molar-refractivity contribution in [2.24, 2.45) is 0 Å². The molecule has 2 aromatic heterocycles. The van der Waals surface area contributed by atoms with E-state index in [0.29, 0.717) is 43.2 Å². The summed E-state index contributed by atoms with van der Waals surface area (Å²) < 4.78 is 10.9. The highest BCUT2D eigenvalue weighted by atomic mass is 35.5. The van der Waals surface area contributed by atoms with E-state index in [4.69, 9.17) is 36.8 Å². The van der Waals surface area contributed by atoms with Crippen LogP contribution in [-0.2, 0) is 9.47 Å². The van der Waals surface area contributed by atoms with Crippen LogP contribution in [0.4, 0.5) is 17.6 Å². The van der Waals surface area contributed by atoms with Crippen LogP contribution in [0.15, 0.2) is 18.3 Å². The maximum atomic E-state index is 6.39. The van der Waals surface area contributed by atoms with Crippen molar-refractivity contribution in [2.75, 3.05) is 68.1 Å². The predicted octanol–water partition coefficient (Wildman–Crippen LogP) is 1.45. The van der Waals surface area contributed by atoms with E-state index < -0.39 is 0 Å². The number of ether oxygens (including phenoxy) is 2. The first kappa shape index (κ1) is 17.3. The summed E-state index contributed by atoms with van der Waals surface area (Å²) in [5.74, 6) is 1.93. The van der Waals surface area contributed by atoms with Crippen LogP contribution in [0.1, 0.15) is 0 Å². The lowest BCUT2D eigenvalue weighted by Gasteiger charge is -2.31. The summed E-state index contributed by atoms with van der Waals surface area (Å²) in [6, 6.07) is 3.59. The molecule has 2 aromatic rings. The van der Waals surface area contributed by atoms with E-state index in [2.05, 4.69) is 14.8 Å². The minimum atomic E-state index is 0.384. The SMILES string of the molecule is Nc1cc(Cl)c(-c2cc(N3CCOCC3)nc(N3CCOCC3)n2)cn1. The molecular weight excluding hydrogens is 356 g/mol. The third kappa shape index (κ3) is 3.67. The Labute approximate surface area is 156 Å². The van der Waals surface area contributed by atoms with E-state index in [9.17, 15) is 0 Å². The molecule has 0 bridgehead atoms. The van der Waals surface area contributed by atoms with Crippen LogP contribution in [-0.4, -0.2) is 67.6 Å². The van der Waals surface area contributed by atoms with Crippen LogP contribution in [0.25, 0.3) is 11.3 Å². The van der Waals surface area contributed by atoms with Crippen molar-refractivity contribution in [3.8, 4) is 11.3 Å². The molecule has 0 aromatic carbocycles. The molecule has 0 saturated carbocycles. The minimum Gasteiger partial charge on any atom is -0.384 e. The lowest BCUT2D eigenvalue weighted by molar-refractivity contribution is 0.121. The summed E-state index contributed by atoms with van der Waals surface area (Å²) >= 11 is 6.39. The Morgan fingerprint density at radius 1 is 0.923 bits per heavy atom. The Morgan fingerprint density at radius 3 is 2.23 bits per heavy atom. The van der Waals surface area contributed by atoms with Gasteiger partial charge in [-0.3, -0.25) is 0 Å². The molecule has 26 heavy (non-hydrogen) atoms. The number of halogens is 1. The number of hydrogen-bond donors (Lipinski definition) is 1. The Balaban J connectivity index is 1.76. The van der Waals surface area contributed by atoms with Gasteiger partial charge in [0, 0.05) is 44.0 Å². The van der Waals surface area contributed by atoms with Gasteiger partial charge in [0.05, 0.1) is 37.1 Å². The van der Waals surface area contributed by atoms with Crippen molar-refractivity contribution in [2.45, 2.75) is 0 Å². The topological polar surface area (TPSA) is 89.6 Å². The number of nitrogens with two attached hydrogens (primary N) is 1. The summed E-state index contributed by atoms with van der Waals surface area (Å²) in [5.41, 5.74) is 7.21. The van der Waals surface area contributed by atoms with Gasteiger partial charge < -0.3 is 25.0 Å². The van der Waals surface area contributed by atoms with E-state index >= 15 is 0 Å². The van der Waals surface area contributed by atoms with E-state index in [1.54, 1.807) is 12.3 Å². The van der Waals surface area contributed by atoms with Crippen molar-refractivity contribution >= 4 is 29.2 Å². The third-order valence-corrected chi connectivity index (χ3v) is 4.79. The number of nitrogens with zero attached hydrogens (tertiary/aromatic N) is 5. The van der Waals surface area contributed by atoms with Crippen LogP contribution >= 0.6 is 11.6 Å². The van der Waals surface area contributed by atoms with E-state index in [1.165, 1.54) is 0 Å². The average molecular weight is 377 g/mol. The number of hydrogen-bond acceptors (Lipinski definition) is 8. The number of rotatable bonds is 3. The average Bonchev–Trinajstić information content (AvgIpc) is 2.69. The Kier molecular flexibility index (Phi) is 5.05. The fraction of sp³-hybridized carbons (Fsp3) is 0.471. The van der Waals surface area contributed by atoms with E-state index in [-0.39, 0.29) is 0 Å². The van der Waals surface area contributed by atoms with Crippen LogP contribution in [0.5, 0.6) is 0 Å². The molecule has 4 heterocycles. The van der Waals surface area contributed by atoms with Gasteiger partial charge in [-0.1, -0.05) is 11.6 Å². The molecule has 138 valence electrons. The first-order valence-electron chi connectivity index (χ1n) is 8.66. The molecule has 2 N–H and O–H groups in total. The van der Waals surface area contributed by atoms with Crippen molar-refractivity contribution in [1.82, 2.24) is 15.0 Å². The van der Waals surface area contributed by atoms with Crippen LogP contribution in [0.3, 0.4) is 0 Å². The molecule has 0 amide bonds. The van der Waals surface area contributed by atoms with Crippen LogP contribution < -0.4 is 15.5 Å². The number of morpholine rings is 2. The Hall–Kier alpha value is -2.16. The minimum absolute atomic E-state index is 0.384. The number of anilines is 3. The monoisotopic (exact) mass is 376 g/mol. The van der Waals surface area contributed by atoms with Crippen LogP contribution in [0.2, 0.25) is 5.02 Å². The van der Waals surface area contributed by atoms with Gasteiger partial charge in [0.2, 0.25) is 5.95 Å². The van der Waals surface area contributed by atoms with Gasteiger partial charge in [0.15, 0.2) is 0 Å². The number of pyridine rings is 1. The second kappa shape index (κ2) is 7.61. The Morgan fingerprint density at radius 2 is 1.58 bits per heavy atom. The molecule has 2 fully saturated rings. The first-order valence-corrected chi connectivity index (χ1v) is 9.04. The lowest BCUT2D eigenvalue weighted by Crippen LogP contribution is -2.39. The van der Waals surface area contributed by atoms with Crippen molar-refractivity contribution in [1.29, 1.82) is 0 Å². The summed E-state index contributed by atoms with van der Waals surface area (Å²) in [6.07, 6.45) is 1.66. The molecule has 8 nitrogen and oxygen atoms in total. The van der Waals surface area contributed by atoms with Gasteiger partial charge in [0.25, 0.3) is 0 Å². The standard InChI is InChI=1S/C17H21ClN6O2/c18-13-9-15(19)20-11-12(13)14-10-16(23-1-5-25-6-2-23)22-17(21-14)24-3-7-26-8-4-24/h9-11H,1-8H2,(H2,19,20). The van der Waals surface area contributed by atoms with Crippen molar-refractivity contribution < 1.29 is 9.47 Å². The lowest BCUT2D eigenvalue weighted by atomic mass is 10.2. The normalized spacial score (nSPS) is 18.2. The zero-order valence-electron chi connectivity index (χ0n) is 14.4. The van der Waals surface area contributed by atoms with Crippen molar-refractivity contribution in [3.63, 3.8) is 0 Å². The quantitative estimate of drug-likeness (QED) is 0.860. The zero-order chi connectivity index (χ0) is 17.9. The highest BCUT2D eigenvalue weighted by molar-refractivity contribution is 6.33. The van der Waals surface area contributed by atoms with Gasteiger partial charge in [-0.2, -0.15) is 4.98 Å². The van der Waals surface area contributed by atoms with Gasteiger partial charge in [-0.25, -0.2) is 9.97 Å². The maximum Gasteiger partial charge on any atom is 0.228 e. The summed E-state index contributed by atoms with van der Waals surface area (Å²) in [5, 5.41) is 0.525. The van der Waals surface area contributed by atoms with Gasteiger partial charge in [-0.15, -0.1) is 0 Å². The molecule has 2 saturated heterocycles. The molecule has 0 aliphatic carbocycles. The van der Waals surface area contributed by atoms with E-state index in [1.807, 2.05) is 6.07 Å². The second-order valence-electron chi connectivity index (χ2n) is 6.20. The fourth-order valence-electron chi connectivity index (χ4n) is 3.05. The van der Waals surface area contributed by atoms with Gasteiger partial charge in [0.1, 0.15) is 11.6 Å². The van der Waals surface area contributed by atoms with E-state index in [0.717, 1.165) is 43.3 Å². The summed E-state index contributed by atoms with van der Waals surface area (Å²) in [4.78, 5) is 18.1. The molecule has 0 radical (unpaired) electrons. The molecule has 0 atom stereocenters. The highest BCUT2D eigenvalue weighted by Crippen LogP contribution is 2.31. The van der Waals surface area contributed by atoms with Gasteiger partial charge >= 0.3 is 0 Å². The summed E-state index contributed by atoms with van der Waals surface area (Å²) in [6.45, 7) is 5.85. The van der Waals surface area contributed by atoms with Gasteiger partial charge in [-0.05, 0) is 6.07 Å². The molecule has 4 rings (SSSR count).